The topological polar surface area (TPSA) is 58.6 Å². The molecule has 1 aliphatic rings. The molecule has 2 aromatic rings. The quantitative estimate of drug-likeness (QED) is 0.880. The van der Waals surface area contributed by atoms with Crippen LogP contribution in [-0.2, 0) is 15.0 Å². The second-order valence-electron chi connectivity index (χ2n) is 5.83. The number of benzene rings is 2. The van der Waals surface area contributed by atoms with Gasteiger partial charge in [0.25, 0.3) is 0 Å². The van der Waals surface area contributed by atoms with Crippen LogP contribution in [0, 0.1) is 0 Å². The number of methoxy groups -OCH3 is 1. The highest BCUT2D eigenvalue weighted by molar-refractivity contribution is 6.24. The van der Waals surface area contributed by atoms with Gasteiger partial charge in [-0.3, -0.25) is 9.59 Å². The molecule has 0 saturated carbocycles. The standard InChI is InChI=1S/C19H20N2O3/c1-4-19(15-10-5-6-11-16(15)21(2)18(19)23)17(22)20-13-8-7-9-14(12-13)24-3/h5-12H,4H2,1-3H3,(H,20,22). The van der Waals surface area contributed by atoms with Crippen LogP contribution in [0.1, 0.15) is 18.9 Å². The average molecular weight is 324 g/mol. The first-order chi connectivity index (χ1) is 11.5. The van der Waals surface area contributed by atoms with Crippen LogP contribution in [0.25, 0.3) is 0 Å². The first kappa shape index (κ1) is 16.1. The Morgan fingerprint density at radius 2 is 1.96 bits per heavy atom. The zero-order valence-corrected chi connectivity index (χ0v) is 14.0. The summed E-state index contributed by atoms with van der Waals surface area (Å²) in [7, 11) is 3.28. The first-order valence-corrected chi connectivity index (χ1v) is 7.87. The van der Waals surface area contributed by atoms with Crippen LogP contribution in [0.15, 0.2) is 48.5 Å². The summed E-state index contributed by atoms with van der Waals surface area (Å²) in [5, 5.41) is 2.88. The minimum Gasteiger partial charge on any atom is -0.497 e. The lowest BCUT2D eigenvalue weighted by Crippen LogP contribution is -2.47. The number of hydrogen-bond acceptors (Lipinski definition) is 3. The van der Waals surface area contributed by atoms with E-state index < -0.39 is 5.41 Å². The Hall–Kier alpha value is -2.82. The Kier molecular flexibility index (Phi) is 4.01. The molecule has 3 rings (SSSR count). The molecule has 5 heteroatoms. The van der Waals surface area contributed by atoms with E-state index in [4.69, 9.17) is 4.74 Å². The predicted molar refractivity (Wildman–Crippen MR) is 93.4 cm³/mol. The molecular weight excluding hydrogens is 304 g/mol. The third-order valence-corrected chi connectivity index (χ3v) is 4.64. The largest absolute Gasteiger partial charge is 0.497 e. The van der Waals surface area contributed by atoms with Crippen molar-refractivity contribution in [3.63, 3.8) is 0 Å². The van der Waals surface area contributed by atoms with Crippen LogP contribution in [0.3, 0.4) is 0 Å². The molecule has 2 amide bonds. The third-order valence-electron chi connectivity index (χ3n) is 4.64. The SMILES string of the molecule is CCC1(C(=O)Nc2cccc(OC)c2)C(=O)N(C)c2ccccc21. The molecule has 1 unspecified atom stereocenters. The van der Waals surface area contributed by atoms with Crippen LogP contribution in [0.5, 0.6) is 5.75 Å². The minimum absolute atomic E-state index is 0.202. The molecule has 1 N–H and O–H groups in total. The van der Waals surface area contributed by atoms with Crippen molar-refractivity contribution in [2.45, 2.75) is 18.8 Å². The molecule has 1 aliphatic heterocycles. The van der Waals surface area contributed by atoms with E-state index >= 15 is 0 Å². The van der Waals surface area contributed by atoms with Crippen LogP contribution >= 0.6 is 0 Å². The summed E-state index contributed by atoms with van der Waals surface area (Å²) in [6.45, 7) is 1.86. The van der Waals surface area contributed by atoms with Gasteiger partial charge in [-0.15, -0.1) is 0 Å². The highest BCUT2D eigenvalue weighted by Crippen LogP contribution is 2.44. The molecule has 0 aliphatic carbocycles. The number of nitrogens with zero attached hydrogens (tertiary/aromatic N) is 1. The van der Waals surface area contributed by atoms with Crippen LogP contribution in [0.2, 0.25) is 0 Å². The maximum absolute atomic E-state index is 13.1. The molecule has 24 heavy (non-hydrogen) atoms. The zero-order valence-electron chi connectivity index (χ0n) is 14.0. The summed E-state index contributed by atoms with van der Waals surface area (Å²) < 4.78 is 5.18. The number of likely N-dealkylation sites (N-methyl/N-ethyl adjacent to an activating group) is 1. The van der Waals surface area contributed by atoms with Crippen LogP contribution in [-0.4, -0.2) is 26.0 Å². The van der Waals surface area contributed by atoms with E-state index in [1.165, 1.54) is 0 Å². The van der Waals surface area contributed by atoms with Gasteiger partial charge in [0.1, 0.15) is 5.75 Å². The molecule has 0 saturated heterocycles. The number of ether oxygens (including phenoxy) is 1. The number of rotatable bonds is 4. The van der Waals surface area contributed by atoms with E-state index in [1.807, 2.05) is 31.2 Å². The van der Waals surface area contributed by atoms with Gasteiger partial charge >= 0.3 is 0 Å². The fraction of sp³-hybridized carbons (Fsp3) is 0.263. The van der Waals surface area contributed by atoms with Crippen molar-refractivity contribution in [1.82, 2.24) is 0 Å². The van der Waals surface area contributed by atoms with Gasteiger partial charge in [-0.1, -0.05) is 31.2 Å². The number of fused-ring (bicyclic) bond motifs is 1. The lowest BCUT2D eigenvalue weighted by molar-refractivity contribution is -0.132. The first-order valence-electron chi connectivity index (χ1n) is 7.87. The van der Waals surface area contributed by atoms with E-state index in [1.54, 1.807) is 43.3 Å². The number of para-hydroxylation sites is 1. The monoisotopic (exact) mass is 324 g/mol. The van der Waals surface area contributed by atoms with E-state index in [2.05, 4.69) is 5.32 Å². The Morgan fingerprint density at radius 1 is 1.21 bits per heavy atom. The molecule has 1 atom stereocenters. The molecule has 124 valence electrons. The smallest absolute Gasteiger partial charge is 0.247 e. The normalized spacial score (nSPS) is 19.1. The third kappa shape index (κ3) is 2.24. The molecule has 5 nitrogen and oxygen atoms in total. The second-order valence-corrected chi connectivity index (χ2v) is 5.83. The van der Waals surface area contributed by atoms with E-state index in [0.717, 1.165) is 11.3 Å². The summed E-state index contributed by atoms with van der Waals surface area (Å²) in [5.74, 6) is 0.125. The Labute approximate surface area is 141 Å². The van der Waals surface area contributed by atoms with Crippen molar-refractivity contribution < 1.29 is 14.3 Å². The molecule has 0 spiro atoms. The van der Waals surface area contributed by atoms with Gasteiger partial charge in [-0.05, 0) is 24.6 Å². The fourth-order valence-electron chi connectivity index (χ4n) is 3.30. The Morgan fingerprint density at radius 3 is 2.67 bits per heavy atom. The molecular formula is C19H20N2O3. The molecule has 0 fully saturated rings. The van der Waals surface area contributed by atoms with Gasteiger partial charge in [0.2, 0.25) is 11.8 Å². The summed E-state index contributed by atoms with van der Waals surface area (Å²) in [6.07, 6.45) is 0.392. The minimum atomic E-state index is -1.20. The van der Waals surface area contributed by atoms with E-state index in [9.17, 15) is 9.59 Å². The van der Waals surface area contributed by atoms with Crippen LogP contribution in [0.4, 0.5) is 11.4 Å². The lowest BCUT2D eigenvalue weighted by atomic mass is 9.78. The van der Waals surface area contributed by atoms with Gasteiger partial charge in [-0.2, -0.15) is 0 Å². The average Bonchev–Trinajstić information content (AvgIpc) is 2.84. The van der Waals surface area contributed by atoms with Crippen molar-refractivity contribution >= 4 is 23.2 Å². The van der Waals surface area contributed by atoms with Gasteiger partial charge in [0.15, 0.2) is 5.41 Å². The summed E-state index contributed by atoms with van der Waals surface area (Å²) in [5.41, 5.74) is 0.937. The maximum atomic E-state index is 13.1. The Bertz CT molecular complexity index is 803. The van der Waals surface area contributed by atoms with Crippen LogP contribution < -0.4 is 15.0 Å². The number of nitrogens with one attached hydrogen (secondary N) is 1. The zero-order chi connectivity index (χ0) is 17.3. The fourth-order valence-corrected chi connectivity index (χ4v) is 3.30. The van der Waals surface area contributed by atoms with E-state index in [-0.39, 0.29) is 11.8 Å². The maximum Gasteiger partial charge on any atom is 0.247 e. The summed E-state index contributed by atoms with van der Waals surface area (Å²) >= 11 is 0. The predicted octanol–water partition coefficient (Wildman–Crippen LogP) is 2.96. The lowest BCUT2D eigenvalue weighted by Gasteiger charge is -2.25. The van der Waals surface area contributed by atoms with Crippen molar-refractivity contribution in [3.8, 4) is 5.75 Å². The molecule has 2 aromatic carbocycles. The molecule has 0 aromatic heterocycles. The number of amides is 2. The molecule has 0 radical (unpaired) electrons. The van der Waals surface area contributed by atoms with Gasteiger partial charge in [0, 0.05) is 30.1 Å². The summed E-state index contributed by atoms with van der Waals surface area (Å²) in [6, 6.07) is 14.5. The highest BCUT2D eigenvalue weighted by Gasteiger charge is 2.54. The highest BCUT2D eigenvalue weighted by atomic mass is 16.5. The number of hydrogen-bond donors (Lipinski definition) is 1. The Balaban J connectivity index is 2.01. The molecule has 1 heterocycles. The number of anilines is 2. The van der Waals surface area contributed by atoms with Crippen molar-refractivity contribution in [2.75, 3.05) is 24.4 Å². The van der Waals surface area contributed by atoms with Crippen molar-refractivity contribution in [3.05, 3.63) is 54.1 Å². The number of carbonyl (C=O) groups excluding carboxylic acids is 2. The van der Waals surface area contributed by atoms with Gasteiger partial charge in [-0.25, -0.2) is 0 Å². The summed E-state index contributed by atoms with van der Waals surface area (Å²) in [4.78, 5) is 27.6. The van der Waals surface area contributed by atoms with Gasteiger partial charge in [0.05, 0.1) is 7.11 Å². The second kappa shape index (κ2) is 6.00. The van der Waals surface area contributed by atoms with Crippen molar-refractivity contribution in [2.24, 2.45) is 0 Å². The van der Waals surface area contributed by atoms with Crippen molar-refractivity contribution in [1.29, 1.82) is 0 Å². The molecule has 0 bridgehead atoms. The van der Waals surface area contributed by atoms with E-state index in [0.29, 0.717) is 17.9 Å². The van der Waals surface area contributed by atoms with Gasteiger partial charge < -0.3 is 15.0 Å². The number of carbonyl (C=O) groups is 2.